The summed E-state index contributed by atoms with van der Waals surface area (Å²) < 4.78 is 26.7. The van der Waals surface area contributed by atoms with Crippen LogP contribution in [0.15, 0.2) is 23.1 Å². The molecule has 0 radical (unpaired) electrons. The average Bonchev–Trinajstić information content (AvgIpc) is 2.34. The molecule has 1 atom stereocenters. The highest BCUT2D eigenvalue weighted by Gasteiger charge is 2.27. The normalized spacial score (nSPS) is 13.7. The van der Waals surface area contributed by atoms with Crippen LogP contribution >= 0.6 is 11.8 Å². The zero-order chi connectivity index (χ0) is 14.6. The summed E-state index contributed by atoms with van der Waals surface area (Å²) >= 11 is 1.65. The molecular weight excluding hydrogens is 280 g/mol. The molecule has 1 unspecified atom stereocenters. The quantitative estimate of drug-likeness (QED) is 0.819. The standard InChI is InChI=1S/C13H22N2O2S2/c1-5-12(9-18-4)15(3)19(16,17)13-7-6-11(14)8-10(13)2/h6-8,12H,5,9,14H2,1-4H3. The van der Waals surface area contributed by atoms with Crippen molar-refractivity contribution in [2.24, 2.45) is 0 Å². The molecule has 0 aliphatic rings. The predicted molar refractivity (Wildman–Crippen MR) is 83.0 cm³/mol. The van der Waals surface area contributed by atoms with Gasteiger partial charge in [-0.1, -0.05) is 6.92 Å². The maximum absolute atomic E-state index is 12.6. The molecule has 0 saturated carbocycles. The predicted octanol–water partition coefficient (Wildman–Crippen LogP) is 2.34. The van der Waals surface area contributed by atoms with Crippen molar-refractivity contribution in [3.8, 4) is 0 Å². The van der Waals surface area contributed by atoms with Crippen molar-refractivity contribution in [1.29, 1.82) is 0 Å². The van der Waals surface area contributed by atoms with Gasteiger partial charge < -0.3 is 5.73 Å². The van der Waals surface area contributed by atoms with E-state index >= 15 is 0 Å². The van der Waals surface area contributed by atoms with Crippen molar-refractivity contribution in [2.75, 3.05) is 24.8 Å². The van der Waals surface area contributed by atoms with Gasteiger partial charge in [-0.3, -0.25) is 0 Å². The van der Waals surface area contributed by atoms with Crippen molar-refractivity contribution in [1.82, 2.24) is 4.31 Å². The van der Waals surface area contributed by atoms with Crippen LogP contribution in [0.3, 0.4) is 0 Å². The van der Waals surface area contributed by atoms with Gasteiger partial charge in [0.05, 0.1) is 4.90 Å². The number of aryl methyl sites for hydroxylation is 1. The lowest BCUT2D eigenvalue weighted by Gasteiger charge is -2.26. The zero-order valence-corrected chi connectivity index (χ0v) is 13.5. The molecule has 0 heterocycles. The Bertz CT molecular complexity index is 529. The Morgan fingerprint density at radius 2 is 2.05 bits per heavy atom. The van der Waals surface area contributed by atoms with Crippen molar-refractivity contribution in [3.63, 3.8) is 0 Å². The van der Waals surface area contributed by atoms with E-state index in [0.717, 1.165) is 12.2 Å². The molecule has 108 valence electrons. The molecule has 4 nitrogen and oxygen atoms in total. The molecule has 1 aromatic rings. The SMILES string of the molecule is CCC(CSC)N(C)S(=O)(=O)c1ccc(N)cc1C. The molecule has 0 saturated heterocycles. The second-order valence-electron chi connectivity index (χ2n) is 4.56. The zero-order valence-electron chi connectivity index (χ0n) is 11.9. The molecular formula is C13H22N2O2S2. The summed E-state index contributed by atoms with van der Waals surface area (Å²) in [5.74, 6) is 0.792. The summed E-state index contributed by atoms with van der Waals surface area (Å²) in [7, 11) is -1.81. The van der Waals surface area contributed by atoms with Gasteiger partial charge in [-0.15, -0.1) is 0 Å². The van der Waals surface area contributed by atoms with Crippen LogP contribution in [0.4, 0.5) is 5.69 Å². The smallest absolute Gasteiger partial charge is 0.243 e. The number of sulfonamides is 1. The van der Waals surface area contributed by atoms with E-state index in [-0.39, 0.29) is 6.04 Å². The van der Waals surface area contributed by atoms with Gasteiger partial charge >= 0.3 is 0 Å². The third kappa shape index (κ3) is 3.64. The highest BCUT2D eigenvalue weighted by Crippen LogP contribution is 2.24. The highest BCUT2D eigenvalue weighted by molar-refractivity contribution is 7.98. The van der Waals surface area contributed by atoms with Crippen molar-refractivity contribution >= 4 is 27.5 Å². The summed E-state index contributed by atoms with van der Waals surface area (Å²) in [5.41, 5.74) is 6.93. The highest BCUT2D eigenvalue weighted by atomic mass is 32.2. The molecule has 0 aliphatic carbocycles. The minimum Gasteiger partial charge on any atom is -0.399 e. The van der Waals surface area contributed by atoms with Crippen LogP contribution in [0.5, 0.6) is 0 Å². The first-order valence-electron chi connectivity index (χ1n) is 6.17. The molecule has 0 amide bonds. The Labute approximate surface area is 120 Å². The van der Waals surface area contributed by atoms with Crippen LogP contribution in [0.2, 0.25) is 0 Å². The molecule has 0 spiro atoms. The summed E-state index contributed by atoms with van der Waals surface area (Å²) in [5, 5.41) is 0. The number of anilines is 1. The number of hydrogen-bond acceptors (Lipinski definition) is 4. The third-order valence-corrected chi connectivity index (χ3v) is 5.99. The number of benzene rings is 1. The van der Waals surface area contributed by atoms with E-state index in [9.17, 15) is 8.42 Å². The number of rotatable bonds is 6. The summed E-state index contributed by atoms with van der Waals surface area (Å²) in [6.45, 7) is 3.77. The lowest BCUT2D eigenvalue weighted by Crippen LogP contribution is -2.38. The van der Waals surface area contributed by atoms with Gasteiger partial charge in [0.15, 0.2) is 0 Å². The summed E-state index contributed by atoms with van der Waals surface area (Å²) in [4.78, 5) is 0.337. The van der Waals surface area contributed by atoms with Crippen LogP contribution in [-0.2, 0) is 10.0 Å². The molecule has 1 aromatic carbocycles. The van der Waals surface area contributed by atoms with Crippen LogP contribution in [0.25, 0.3) is 0 Å². The Morgan fingerprint density at radius 3 is 2.53 bits per heavy atom. The maximum Gasteiger partial charge on any atom is 0.243 e. The number of nitrogen functional groups attached to an aromatic ring is 1. The van der Waals surface area contributed by atoms with Gasteiger partial charge in [-0.05, 0) is 43.4 Å². The first-order valence-corrected chi connectivity index (χ1v) is 9.01. The molecule has 0 bridgehead atoms. The van der Waals surface area contributed by atoms with Gasteiger partial charge in [0, 0.05) is 24.5 Å². The number of hydrogen-bond donors (Lipinski definition) is 1. The minimum atomic E-state index is -3.46. The minimum absolute atomic E-state index is 0.0111. The average molecular weight is 302 g/mol. The van der Waals surface area contributed by atoms with Crippen LogP contribution in [0, 0.1) is 6.92 Å². The fraction of sp³-hybridized carbons (Fsp3) is 0.538. The lowest BCUT2D eigenvalue weighted by molar-refractivity contribution is 0.385. The topological polar surface area (TPSA) is 63.4 Å². The van der Waals surface area contributed by atoms with E-state index in [1.807, 2.05) is 13.2 Å². The Morgan fingerprint density at radius 1 is 1.42 bits per heavy atom. The molecule has 0 fully saturated rings. The van der Waals surface area contributed by atoms with Gasteiger partial charge in [0.2, 0.25) is 10.0 Å². The van der Waals surface area contributed by atoms with Crippen LogP contribution in [0.1, 0.15) is 18.9 Å². The third-order valence-electron chi connectivity index (χ3n) is 3.20. The molecule has 0 aromatic heterocycles. The second kappa shape index (κ2) is 6.63. The monoisotopic (exact) mass is 302 g/mol. The van der Waals surface area contributed by atoms with E-state index in [1.165, 1.54) is 4.31 Å². The van der Waals surface area contributed by atoms with E-state index in [4.69, 9.17) is 5.73 Å². The van der Waals surface area contributed by atoms with Gasteiger partial charge in [-0.2, -0.15) is 16.1 Å². The van der Waals surface area contributed by atoms with Crippen molar-refractivity contribution in [3.05, 3.63) is 23.8 Å². The number of nitrogens with two attached hydrogens (primary N) is 1. The fourth-order valence-corrected chi connectivity index (χ4v) is 4.56. The molecule has 19 heavy (non-hydrogen) atoms. The summed E-state index contributed by atoms with van der Waals surface area (Å²) in [6, 6.07) is 4.92. The van der Waals surface area contributed by atoms with Crippen LogP contribution in [-0.4, -0.2) is 37.8 Å². The van der Waals surface area contributed by atoms with Gasteiger partial charge in [0.25, 0.3) is 0 Å². The van der Waals surface area contributed by atoms with E-state index in [1.54, 1.807) is 43.9 Å². The number of thioether (sulfide) groups is 1. The largest absolute Gasteiger partial charge is 0.399 e. The van der Waals surface area contributed by atoms with E-state index < -0.39 is 10.0 Å². The Balaban J connectivity index is 3.15. The fourth-order valence-electron chi connectivity index (χ4n) is 1.99. The Hall–Kier alpha value is -0.720. The van der Waals surface area contributed by atoms with Gasteiger partial charge in [0.1, 0.15) is 0 Å². The maximum atomic E-state index is 12.6. The molecule has 6 heteroatoms. The van der Waals surface area contributed by atoms with Crippen molar-refractivity contribution in [2.45, 2.75) is 31.2 Å². The second-order valence-corrected chi connectivity index (χ2v) is 7.44. The van der Waals surface area contributed by atoms with Crippen LogP contribution < -0.4 is 5.73 Å². The number of nitrogens with zero attached hydrogens (tertiary/aromatic N) is 1. The molecule has 0 aliphatic heterocycles. The van der Waals surface area contributed by atoms with E-state index in [2.05, 4.69) is 0 Å². The lowest BCUT2D eigenvalue weighted by atomic mass is 10.2. The van der Waals surface area contributed by atoms with Crippen molar-refractivity contribution < 1.29 is 8.42 Å². The molecule has 1 rings (SSSR count). The van der Waals surface area contributed by atoms with Gasteiger partial charge in [-0.25, -0.2) is 8.42 Å². The van der Waals surface area contributed by atoms with E-state index in [0.29, 0.717) is 16.1 Å². The first-order chi connectivity index (χ1) is 8.84. The molecule has 2 N–H and O–H groups in total. The first kappa shape index (κ1) is 16.3. The Kier molecular flexibility index (Phi) is 5.70. The summed E-state index contributed by atoms with van der Waals surface area (Å²) in [6.07, 6.45) is 2.78.